The van der Waals surface area contributed by atoms with Gasteiger partial charge in [-0.05, 0) is 37.1 Å². The van der Waals surface area contributed by atoms with Gasteiger partial charge in [0.25, 0.3) is 0 Å². The highest BCUT2D eigenvalue weighted by molar-refractivity contribution is 5.86. The molecule has 0 radical (unpaired) electrons. The van der Waals surface area contributed by atoms with E-state index in [9.17, 15) is 4.79 Å². The fourth-order valence-corrected chi connectivity index (χ4v) is 2.56. The van der Waals surface area contributed by atoms with E-state index in [4.69, 9.17) is 4.74 Å². The minimum Gasteiger partial charge on any atom is -0.468 e. The van der Waals surface area contributed by atoms with E-state index in [0.29, 0.717) is 0 Å². The van der Waals surface area contributed by atoms with Crippen molar-refractivity contribution in [2.24, 2.45) is 0 Å². The summed E-state index contributed by atoms with van der Waals surface area (Å²) in [6.07, 6.45) is 0. The van der Waals surface area contributed by atoms with E-state index in [1.54, 1.807) is 0 Å². The molecule has 0 spiro atoms. The van der Waals surface area contributed by atoms with E-state index in [2.05, 4.69) is 36.5 Å². The van der Waals surface area contributed by atoms with Crippen LogP contribution in [0.5, 0.6) is 0 Å². The third-order valence-electron chi connectivity index (χ3n) is 3.56. The highest BCUT2D eigenvalue weighted by Gasteiger charge is 2.30. The zero-order valence-electron chi connectivity index (χ0n) is 12.4. The van der Waals surface area contributed by atoms with E-state index >= 15 is 0 Å². The molecule has 20 heavy (non-hydrogen) atoms. The van der Waals surface area contributed by atoms with Crippen molar-refractivity contribution in [3.8, 4) is 0 Å². The van der Waals surface area contributed by atoms with Crippen LogP contribution in [-0.2, 0) is 9.53 Å². The normalized spacial score (nSPS) is 13.2. The van der Waals surface area contributed by atoms with Crippen LogP contribution < -0.4 is 5.32 Å². The van der Waals surface area contributed by atoms with E-state index in [-0.39, 0.29) is 12.0 Å². The molecule has 0 aromatic heterocycles. The van der Waals surface area contributed by atoms with Crippen LogP contribution in [0.25, 0.3) is 10.8 Å². The van der Waals surface area contributed by atoms with Crippen LogP contribution in [-0.4, -0.2) is 18.6 Å². The average Bonchev–Trinajstić information content (AvgIpc) is 2.45. The van der Waals surface area contributed by atoms with E-state index in [1.807, 2.05) is 32.0 Å². The van der Waals surface area contributed by atoms with Gasteiger partial charge in [0.2, 0.25) is 0 Å². The zero-order chi connectivity index (χ0) is 14.8. The molecule has 0 saturated heterocycles. The van der Waals surface area contributed by atoms with Crippen molar-refractivity contribution in [3.05, 3.63) is 48.0 Å². The van der Waals surface area contributed by atoms with Gasteiger partial charge in [-0.25, -0.2) is 0 Å². The maximum absolute atomic E-state index is 11.8. The maximum atomic E-state index is 11.8. The van der Waals surface area contributed by atoms with Crippen molar-refractivity contribution in [2.45, 2.75) is 32.4 Å². The summed E-state index contributed by atoms with van der Waals surface area (Å²) < 4.78 is 4.84. The average molecular weight is 271 g/mol. The second-order valence-corrected chi connectivity index (χ2v) is 5.55. The molecule has 2 aromatic carbocycles. The second kappa shape index (κ2) is 5.63. The van der Waals surface area contributed by atoms with Crippen LogP contribution in [0.3, 0.4) is 0 Å². The number of carbonyl (C=O) groups is 1. The molecule has 1 atom stereocenters. The quantitative estimate of drug-likeness (QED) is 0.866. The van der Waals surface area contributed by atoms with Gasteiger partial charge in [0.05, 0.1) is 7.11 Å². The molecule has 0 bridgehead atoms. The predicted molar refractivity (Wildman–Crippen MR) is 81.6 cm³/mol. The Bertz CT molecular complexity index is 614. The molecule has 0 heterocycles. The fraction of sp³-hybridized carbons (Fsp3) is 0.353. The van der Waals surface area contributed by atoms with E-state index in [0.717, 1.165) is 0 Å². The molecule has 0 aliphatic heterocycles. The second-order valence-electron chi connectivity index (χ2n) is 5.55. The van der Waals surface area contributed by atoms with Crippen LogP contribution in [0.4, 0.5) is 0 Å². The molecule has 3 heteroatoms. The van der Waals surface area contributed by atoms with Crippen molar-refractivity contribution in [3.63, 3.8) is 0 Å². The number of carbonyl (C=O) groups excluding carboxylic acids is 1. The van der Waals surface area contributed by atoms with Crippen LogP contribution in [0.15, 0.2) is 42.5 Å². The van der Waals surface area contributed by atoms with Crippen LogP contribution >= 0.6 is 0 Å². The molecule has 0 aliphatic rings. The van der Waals surface area contributed by atoms with E-state index in [1.165, 1.54) is 23.4 Å². The van der Waals surface area contributed by atoms with Gasteiger partial charge in [0.15, 0.2) is 0 Å². The Morgan fingerprint density at radius 2 is 1.80 bits per heavy atom. The standard InChI is InChI=1S/C17H21NO2/c1-12(18-17(2,3)16(19)20-4)14-11-7-9-13-8-5-6-10-15(13)14/h5-12,18H,1-4H3. The topological polar surface area (TPSA) is 38.3 Å². The maximum Gasteiger partial charge on any atom is 0.325 e. The molecule has 2 aromatic rings. The van der Waals surface area contributed by atoms with Gasteiger partial charge in [-0.2, -0.15) is 0 Å². The first-order valence-corrected chi connectivity index (χ1v) is 6.79. The molecule has 1 unspecified atom stereocenters. The predicted octanol–water partition coefficient (Wildman–Crippen LogP) is 3.44. The number of methoxy groups -OCH3 is 1. The summed E-state index contributed by atoms with van der Waals surface area (Å²) in [6, 6.07) is 14.5. The van der Waals surface area contributed by atoms with Gasteiger partial charge < -0.3 is 4.74 Å². The monoisotopic (exact) mass is 271 g/mol. The Morgan fingerprint density at radius 3 is 2.50 bits per heavy atom. The Morgan fingerprint density at radius 1 is 1.15 bits per heavy atom. The van der Waals surface area contributed by atoms with Crippen molar-refractivity contribution in [1.29, 1.82) is 0 Å². The Hall–Kier alpha value is -1.87. The van der Waals surface area contributed by atoms with Crippen molar-refractivity contribution < 1.29 is 9.53 Å². The number of benzene rings is 2. The van der Waals surface area contributed by atoms with Crippen LogP contribution in [0.2, 0.25) is 0 Å². The van der Waals surface area contributed by atoms with Crippen molar-refractivity contribution in [2.75, 3.05) is 7.11 Å². The molecule has 2 rings (SSSR count). The Kier molecular flexibility index (Phi) is 4.09. The molecule has 1 N–H and O–H groups in total. The lowest BCUT2D eigenvalue weighted by Gasteiger charge is -2.28. The summed E-state index contributed by atoms with van der Waals surface area (Å²) in [7, 11) is 1.41. The van der Waals surface area contributed by atoms with Gasteiger partial charge in [-0.15, -0.1) is 0 Å². The summed E-state index contributed by atoms with van der Waals surface area (Å²) in [5.74, 6) is -0.260. The highest BCUT2D eigenvalue weighted by Crippen LogP contribution is 2.25. The summed E-state index contributed by atoms with van der Waals surface area (Å²) >= 11 is 0. The lowest BCUT2D eigenvalue weighted by atomic mass is 9.96. The molecular formula is C17H21NO2. The molecule has 0 saturated carbocycles. The smallest absolute Gasteiger partial charge is 0.325 e. The SMILES string of the molecule is COC(=O)C(C)(C)NC(C)c1cccc2ccccc12. The molecular weight excluding hydrogens is 250 g/mol. The summed E-state index contributed by atoms with van der Waals surface area (Å²) in [4.78, 5) is 11.8. The first-order chi connectivity index (χ1) is 9.45. The third kappa shape index (κ3) is 2.83. The van der Waals surface area contributed by atoms with Gasteiger partial charge in [-0.3, -0.25) is 10.1 Å². The van der Waals surface area contributed by atoms with Crippen LogP contribution in [0.1, 0.15) is 32.4 Å². The number of hydrogen-bond donors (Lipinski definition) is 1. The molecule has 106 valence electrons. The minimum atomic E-state index is -0.717. The molecule has 0 fully saturated rings. The van der Waals surface area contributed by atoms with Gasteiger partial charge in [0.1, 0.15) is 5.54 Å². The highest BCUT2D eigenvalue weighted by atomic mass is 16.5. The van der Waals surface area contributed by atoms with Gasteiger partial charge in [-0.1, -0.05) is 42.5 Å². The van der Waals surface area contributed by atoms with Gasteiger partial charge in [0, 0.05) is 6.04 Å². The minimum absolute atomic E-state index is 0.0511. The lowest BCUT2D eigenvalue weighted by molar-refractivity contribution is -0.147. The number of hydrogen-bond acceptors (Lipinski definition) is 3. The fourth-order valence-electron chi connectivity index (χ4n) is 2.56. The first-order valence-electron chi connectivity index (χ1n) is 6.79. The van der Waals surface area contributed by atoms with Gasteiger partial charge >= 0.3 is 5.97 Å². The molecule has 0 aliphatic carbocycles. The van der Waals surface area contributed by atoms with E-state index < -0.39 is 5.54 Å². The first kappa shape index (κ1) is 14.5. The van der Waals surface area contributed by atoms with Crippen LogP contribution in [0, 0.1) is 0 Å². The molecule has 3 nitrogen and oxygen atoms in total. The Balaban J connectivity index is 2.32. The Labute approximate surface area is 119 Å². The summed E-state index contributed by atoms with van der Waals surface area (Å²) in [5.41, 5.74) is 0.463. The molecule has 0 amide bonds. The number of esters is 1. The van der Waals surface area contributed by atoms with Crippen molar-refractivity contribution >= 4 is 16.7 Å². The largest absolute Gasteiger partial charge is 0.468 e. The summed E-state index contributed by atoms with van der Waals surface area (Å²) in [5, 5.41) is 5.75. The number of ether oxygens (including phenoxy) is 1. The lowest BCUT2D eigenvalue weighted by Crippen LogP contribution is -2.48. The zero-order valence-corrected chi connectivity index (χ0v) is 12.4. The third-order valence-corrected chi connectivity index (χ3v) is 3.56. The number of nitrogens with one attached hydrogen (secondary N) is 1. The number of rotatable bonds is 4. The number of fused-ring (bicyclic) bond motifs is 1. The summed E-state index contributed by atoms with van der Waals surface area (Å²) in [6.45, 7) is 5.73. The van der Waals surface area contributed by atoms with Crippen molar-refractivity contribution in [1.82, 2.24) is 5.32 Å².